The van der Waals surface area contributed by atoms with E-state index in [1.54, 1.807) is 0 Å². The standard InChI is InChI=1S/C43H27B2NO2/c1-23(2)25-21-30-39-33(18-16-29-38-26-10-4-3-9-24(26)15-19-36(38)48-43(29)39)45-31-12-6-5-11-27(31)28-17-20-37-40-42(28)46(45)41(30)34(22-25)44(40)32-13-7-8-14-35(32)47-37/h3-23H,1-2H3. The molecule has 4 aliphatic rings. The zero-order valence-electron chi connectivity index (χ0n) is 26.5. The van der Waals surface area contributed by atoms with Crippen molar-refractivity contribution in [2.45, 2.75) is 19.8 Å². The van der Waals surface area contributed by atoms with Crippen LogP contribution in [0.15, 0.2) is 126 Å². The fourth-order valence-corrected chi connectivity index (χ4v) is 9.46. The second kappa shape index (κ2) is 8.62. The summed E-state index contributed by atoms with van der Waals surface area (Å²) in [5, 5.41) is 4.84. The number of furan rings is 1. The Morgan fingerprint density at radius 2 is 1.44 bits per heavy atom. The van der Waals surface area contributed by atoms with E-state index < -0.39 is 0 Å². The Balaban J connectivity index is 1.29. The van der Waals surface area contributed by atoms with E-state index in [1.165, 1.54) is 88.1 Å². The predicted molar refractivity (Wildman–Crippen MR) is 201 cm³/mol. The van der Waals surface area contributed by atoms with E-state index in [9.17, 15) is 0 Å². The van der Waals surface area contributed by atoms with Crippen LogP contribution in [0.4, 0.5) is 11.4 Å². The van der Waals surface area contributed by atoms with Crippen molar-refractivity contribution in [2.24, 2.45) is 0 Å². The fourth-order valence-electron chi connectivity index (χ4n) is 9.46. The van der Waals surface area contributed by atoms with Crippen LogP contribution in [0.3, 0.4) is 0 Å². The van der Waals surface area contributed by atoms with E-state index in [-0.39, 0.29) is 13.6 Å². The van der Waals surface area contributed by atoms with E-state index in [1.807, 2.05) is 0 Å². The molecular weight excluding hydrogens is 584 g/mol. The molecule has 0 amide bonds. The first kappa shape index (κ1) is 25.4. The van der Waals surface area contributed by atoms with Gasteiger partial charge in [-0.25, -0.2) is 0 Å². The summed E-state index contributed by atoms with van der Waals surface area (Å²) in [6.07, 6.45) is 0. The lowest BCUT2D eigenvalue weighted by Crippen LogP contribution is -2.68. The summed E-state index contributed by atoms with van der Waals surface area (Å²) in [6, 6.07) is 44.8. The van der Waals surface area contributed by atoms with Gasteiger partial charge in [-0.3, -0.25) is 0 Å². The molecule has 3 nitrogen and oxygen atoms in total. The van der Waals surface area contributed by atoms with Crippen molar-refractivity contribution >= 4 is 85.0 Å². The number of anilines is 2. The van der Waals surface area contributed by atoms with Crippen LogP contribution in [0.5, 0.6) is 11.5 Å². The lowest BCUT2D eigenvalue weighted by molar-refractivity contribution is 0.487. The molecular formula is C43H27B2NO2. The van der Waals surface area contributed by atoms with Crippen LogP contribution >= 0.6 is 0 Å². The highest BCUT2D eigenvalue weighted by Crippen LogP contribution is 2.51. The Hall–Kier alpha value is -5.67. The molecule has 0 saturated carbocycles. The van der Waals surface area contributed by atoms with Crippen LogP contribution < -0.4 is 36.9 Å². The fraction of sp³-hybridized carbons (Fsp3) is 0.0698. The van der Waals surface area contributed by atoms with Crippen LogP contribution in [0.25, 0.3) is 55.0 Å². The second-order valence-electron chi connectivity index (χ2n) is 14.1. The van der Waals surface area contributed by atoms with Crippen molar-refractivity contribution in [3.05, 3.63) is 127 Å². The third-order valence-corrected chi connectivity index (χ3v) is 11.5. The number of para-hydroxylation sites is 1. The number of nitrogens with zero attached hydrogens (tertiary/aromatic N) is 1. The molecule has 7 aromatic carbocycles. The Labute approximate surface area is 278 Å². The van der Waals surface area contributed by atoms with Gasteiger partial charge in [0.2, 0.25) is 0 Å². The average Bonchev–Trinajstić information content (AvgIpc) is 3.52. The highest BCUT2D eigenvalue weighted by atomic mass is 16.5. The maximum absolute atomic E-state index is 7.01. The SMILES string of the molecule is CC(C)c1cc2c3c(c1)-c1c(ccc4c1oc1ccc5ccccc5c14)B1c4ccccc4-c4ccc5c(c4N13)B2c1ccccc1O5. The van der Waals surface area contributed by atoms with Gasteiger partial charge in [0.15, 0.2) is 0 Å². The largest absolute Gasteiger partial charge is 0.458 e. The van der Waals surface area contributed by atoms with Crippen molar-refractivity contribution in [1.29, 1.82) is 0 Å². The Morgan fingerprint density at radius 3 is 2.35 bits per heavy atom. The minimum Gasteiger partial charge on any atom is -0.458 e. The summed E-state index contributed by atoms with van der Waals surface area (Å²) in [4.78, 5) is 2.66. The van der Waals surface area contributed by atoms with Gasteiger partial charge in [-0.15, -0.1) is 0 Å². The molecule has 0 aliphatic carbocycles. The predicted octanol–water partition coefficient (Wildman–Crippen LogP) is 7.70. The zero-order chi connectivity index (χ0) is 31.4. The summed E-state index contributed by atoms with van der Waals surface area (Å²) >= 11 is 0. The van der Waals surface area contributed by atoms with Crippen molar-refractivity contribution in [3.8, 4) is 33.8 Å². The molecule has 0 saturated heterocycles. The summed E-state index contributed by atoms with van der Waals surface area (Å²) in [6.45, 7) is 4.68. The second-order valence-corrected chi connectivity index (χ2v) is 14.1. The molecule has 1 aromatic heterocycles. The van der Waals surface area contributed by atoms with Gasteiger partial charge in [-0.2, -0.15) is 0 Å². The molecule has 0 atom stereocenters. The monoisotopic (exact) mass is 611 g/mol. The minimum atomic E-state index is -0.00109. The number of hydrogen-bond acceptors (Lipinski definition) is 3. The molecule has 5 heterocycles. The average molecular weight is 611 g/mol. The molecule has 0 spiro atoms. The summed E-state index contributed by atoms with van der Waals surface area (Å²) < 4.78 is 13.7. The molecule has 12 rings (SSSR count). The van der Waals surface area contributed by atoms with Crippen LogP contribution in [0.1, 0.15) is 25.3 Å². The summed E-state index contributed by atoms with van der Waals surface area (Å²) in [5.74, 6) is 2.27. The normalized spacial score (nSPS) is 14.3. The van der Waals surface area contributed by atoms with Crippen molar-refractivity contribution in [3.63, 3.8) is 0 Å². The highest BCUT2D eigenvalue weighted by Gasteiger charge is 2.52. The summed E-state index contributed by atoms with van der Waals surface area (Å²) in [5.41, 5.74) is 17.4. The van der Waals surface area contributed by atoms with Gasteiger partial charge < -0.3 is 14.0 Å². The molecule has 222 valence electrons. The number of rotatable bonds is 1. The number of fused-ring (bicyclic) bond motifs is 15. The number of ether oxygens (including phenoxy) is 1. The highest BCUT2D eigenvalue weighted by molar-refractivity contribution is 7.02. The molecule has 0 unspecified atom stereocenters. The van der Waals surface area contributed by atoms with E-state index >= 15 is 0 Å². The first-order valence-electron chi connectivity index (χ1n) is 17.0. The van der Waals surface area contributed by atoms with Gasteiger partial charge in [0, 0.05) is 38.8 Å². The van der Waals surface area contributed by atoms with Gasteiger partial charge in [0.25, 0.3) is 6.71 Å². The van der Waals surface area contributed by atoms with Crippen molar-refractivity contribution in [2.75, 3.05) is 4.81 Å². The third-order valence-electron chi connectivity index (χ3n) is 11.5. The van der Waals surface area contributed by atoms with E-state index in [0.717, 1.165) is 22.7 Å². The van der Waals surface area contributed by atoms with Crippen molar-refractivity contribution in [1.82, 2.24) is 0 Å². The first-order chi connectivity index (χ1) is 23.7. The Bertz CT molecular complexity index is 2780. The molecule has 0 fully saturated rings. The van der Waals surface area contributed by atoms with Gasteiger partial charge >= 0.3 is 6.85 Å². The van der Waals surface area contributed by atoms with Crippen LogP contribution in [0, 0.1) is 0 Å². The van der Waals surface area contributed by atoms with Gasteiger partial charge in [0.05, 0.1) is 0 Å². The maximum Gasteiger partial charge on any atom is 0.329 e. The molecule has 5 heteroatoms. The number of benzene rings is 7. The van der Waals surface area contributed by atoms with Gasteiger partial charge in [-0.1, -0.05) is 105 Å². The Morgan fingerprint density at radius 1 is 0.604 bits per heavy atom. The lowest BCUT2D eigenvalue weighted by Gasteiger charge is -2.50. The Kier molecular flexibility index (Phi) is 4.56. The minimum absolute atomic E-state index is 0.00109. The third kappa shape index (κ3) is 2.91. The van der Waals surface area contributed by atoms with E-state index in [4.69, 9.17) is 9.15 Å². The lowest BCUT2D eigenvalue weighted by atomic mass is 9.31. The molecule has 0 radical (unpaired) electrons. The quantitative estimate of drug-likeness (QED) is 0.178. The molecule has 48 heavy (non-hydrogen) atoms. The van der Waals surface area contributed by atoms with E-state index in [2.05, 4.69) is 140 Å². The van der Waals surface area contributed by atoms with Gasteiger partial charge in [0.1, 0.15) is 22.7 Å². The zero-order valence-corrected chi connectivity index (χ0v) is 26.5. The summed E-state index contributed by atoms with van der Waals surface area (Å²) in [7, 11) is 0. The van der Waals surface area contributed by atoms with Crippen LogP contribution in [-0.2, 0) is 0 Å². The molecule has 4 aliphatic heterocycles. The van der Waals surface area contributed by atoms with Crippen LogP contribution in [0.2, 0.25) is 0 Å². The van der Waals surface area contributed by atoms with E-state index in [0.29, 0.717) is 5.92 Å². The molecule has 0 N–H and O–H groups in total. The maximum atomic E-state index is 7.01. The first-order valence-corrected chi connectivity index (χ1v) is 17.0. The molecule has 0 bridgehead atoms. The van der Waals surface area contributed by atoms with Crippen LogP contribution in [-0.4, -0.2) is 13.6 Å². The topological polar surface area (TPSA) is 25.6 Å². The number of hydrogen-bond donors (Lipinski definition) is 0. The van der Waals surface area contributed by atoms with Crippen molar-refractivity contribution < 1.29 is 9.15 Å². The van der Waals surface area contributed by atoms with Gasteiger partial charge in [-0.05, 0) is 85.5 Å². The molecule has 8 aromatic rings. The smallest absolute Gasteiger partial charge is 0.329 e.